The zero-order valence-corrected chi connectivity index (χ0v) is 16.5. The number of carbonyl (C=O) groups is 3. The van der Waals surface area contributed by atoms with E-state index in [9.17, 15) is 24.5 Å². The van der Waals surface area contributed by atoms with Gasteiger partial charge in [0.05, 0.1) is 10.5 Å². The fraction of sp³-hybridized carbons (Fsp3) is 0.0870. The lowest BCUT2D eigenvalue weighted by Gasteiger charge is -2.13. The molecule has 0 fully saturated rings. The Balaban J connectivity index is 1.69. The molecule has 0 aliphatic heterocycles. The summed E-state index contributed by atoms with van der Waals surface area (Å²) in [6, 6.07) is 19.8. The van der Waals surface area contributed by atoms with Crippen LogP contribution in [0.1, 0.15) is 38.0 Å². The van der Waals surface area contributed by atoms with Crippen LogP contribution >= 0.6 is 0 Å². The number of carbonyl (C=O) groups excluding carboxylic acids is 3. The Hall–Kier alpha value is -4.33. The third kappa shape index (κ3) is 5.39. The number of ketones is 1. The van der Waals surface area contributed by atoms with Gasteiger partial charge in [0.2, 0.25) is 5.78 Å². The quantitative estimate of drug-likeness (QED) is 0.265. The summed E-state index contributed by atoms with van der Waals surface area (Å²) < 4.78 is 5.26. The third-order valence-electron chi connectivity index (χ3n) is 4.39. The molecule has 0 aromatic heterocycles. The van der Waals surface area contributed by atoms with Crippen molar-refractivity contribution < 1.29 is 24.0 Å². The molecule has 1 N–H and O–H groups in total. The summed E-state index contributed by atoms with van der Waals surface area (Å²) in [6.07, 6.45) is -0.988. The summed E-state index contributed by atoms with van der Waals surface area (Å²) in [6.45, 7) is 1.49. The van der Waals surface area contributed by atoms with Crippen molar-refractivity contribution >= 4 is 29.0 Å². The van der Waals surface area contributed by atoms with Crippen LogP contribution in [0.15, 0.2) is 78.9 Å². The van der Waals surface area contributed by atoms with Gasteiger partial charge in [-0.3, -0.25) is 19.7 Å². The number of amides is 1. The van der Waals surface area contributed by atoms with Gasteiger partial charge >= 0.3 is 5.97 Å². The molecule has 1 atom stereocenters. The fourth-order valence-corrected chi connectivity index (χ4v) is 2.81. The number of nitro benzene ring substituents is 1. The number of esters is 1. The fourth-order valence-electron chi connectivity index (χ4n) is 2.81. The highest BCUT2D eigenvalue weighted by molar-refractivity contribution is 6.05. The summed E-state index contributed by atoms with van der Waals surface area (Å²) in [7, 11) is 0. The molecule has 0 saturated carbocycles. The van der Waals surface area contributed by atoms with Crippen molar-refractivity contribution in [1.82, 2.24) is 0 Å². The van der Waals surface area contributed by atoms with Crippen molar-refractivity contribution in [2.45, 2.75) is 13.0 Å². The number of rotatable bonds is 7. The zero-order chi connectivity index (χ0) is 22.4. The molecule has 0 saturated heterocycles. The first-order chi connectivity index (χ1) is 14.8. The number of nitrogens with zero attached hydrogens (tertiary/aromatic N) is 1. The summed E-state index contributed by atoms with van der Waals surface area (Å²) >= 11 is 0. The third-order valence-corrected chi connectivity index (χ3v) is 4.39. The van der Waals surface area contributed by atoms with Crippen molar-refractivity contribution in [2.75, 3.05) is 5.32 Å². The molecule has 31 heavy (non-hydrogen) atoms. The SMILES string of the molecule is C[C@@H](OC(=O)c1cccc(NC(=O)c2cccc([N+](=O)[O-])c2)c1)C(=O)c1ccccc1. The molecule has 1 amide bonds. The van der Waals surface area contributed by atoms with Crippen LogP contribution in [0.25, 0.3) is 0 Å². The van der Waals surface area contributed by atoms with Crippen LogP contribution in [-0.2, 0) is 4.74 Å². The van der Waals surface area contributed by atoms with Gasteiger partial charge in [0.1, 0.15) is 0 Å². The number of nitrogens with one attached hydrogen (secondary N) is 1. The Morgan fingerprint density at radius 1 is 0.871 bits per heavy atom. The standard InChI is InChI=1S/C23H18N2O6/c1-15(21(26)16-7-3-2-4-8-16)31-23(28)18-10-5-11-19(13-18)24-22(27)17-9-6-12-20(14-17)25(29)30/h2-15H,1H3,(H,24,27)/t15-/m1/s1. The smallest absolute Gasteiger partial charge is 0.338 e. The van der Waals surface area contributed by atoms with Crippen LogP contribution in [0.5, 0.6) is 0 Å². The Kier molecular flexibility index (Phi) is 6.51. The van der Waals surface area contributed by atoms with Crippen LogP contribution in [0.2, 0.25) is 0 Å². The maximum Gasteiger partial charge on any atom is 0.338 e. The average Bonchev–Trinajstić information content (AvgIpc) is 2.79. The number of hydrogen-bond acceptors (Lipinski definition) is 6. The molecule has 0 heterocycles. The van der Waals surface area contributed by atoms with Gasteiger partial charge in [-0.25, -0.2) is 4.79 Å². The molecular weight excluding hydrogens is 400 g/mol. The van der Waals surface area contributed by atoms with Crippen LogP contribution in [0, 0.1) is 10.1 Å². The van der Waals surface area contributed by atoms with Gasteiger partial charge in [0.25, 0.3) is 11.6 Å². The van der Waals surface area contributed by atoms with E-state index in [4.69, 9.17) is 4.74 Å². The second-order valence-corrected chi connectivity index (χ2v) is 6.62. The minimum absolute atomic E-state index is 0.101. The van der Waals surface area contributed by atoms with E-state index in [1.165, 1.54) is 37.3 Å². The highest BCUT2D eigenvalue weighted by Crippen LogP contribution is 2.17. The number of hydrogen-bond donors (Lipinski definition) is 1. The number of benzene rings is 3. The first kappa shape index (κ1) is 21.4. The second kappa shape index (κ2) is 9.45. The van der Waals surface area contributed by atoms with Gasteiger partial charge in [-0.1, -0.05) is 42.5 Å². The minimum atomic E-state index is -0.988. The Morgan fingerprint density at radius 3 is 2.23 bits per heavy atom. The highest BCUT2D eigenvalue weighted by Gasteiger charge is 2.20. The van der Waals surface area contributed by atoms with Gasteiger partial charge in [-0.15, -0.1) is 0 Å². The van der Waals surface area contributed by atoms with Crippen molar-refractivity contribution in [3.05, 3.63) is 106 Å². The first-order valence-electron chi connectivity index (χ1n) is 9.31. The number of non-ortho nitro benzene ring substituents is 1. The van der Waals surface area contributed by atoms with Crippen LogP contribution in [0.4, 0.5) is 11.4 Å². The molecule has 156 valence electrons. The molecule has 3 aromatic rings. The summed E-state index contributed by atoms with van der Waals surface area (Å²) in [5, 5.41) is 13.5. The predicted octanol–water partition coefficient (Wildman–Crippen LogP) is 4.28. The van der Waals surface area contributed by atoms with E-state index in [1.807, 2.05) is 0 Å². The molecule has 0 bridgehead atoms. The monoisotopic (exact) mass is 418 g/mol. The van der Waals surface area contributed by atoms with E-state index in [-0.39, 0.29) is 22.6 Å². The number of anilines is 1. The van der Waals surface area contributed by atoms with E-state index in [1.54, 1.807) is 42.5 Å². The maximum absolute atomic E-state index is 12.5. The van der Waals surface area contributed by atoms with E-state index >= 15 is 0 Å². The van der Waals surface area contributed by atoms with Gasteiger partial charge in [-0.2, -0.15) is 0 Å². The van der Waals surface area contributed by atoms with E-state index in [0.29, 0.717) is 11.3 Å². The molecule has 3 aromatic carbocycles. The Bertz CT molecular complexity index is 1140. The lowest BCUT2D eigenvalue weighted by atomic mass is 10.1. The summed E-state index contributed by atoms with van der Waals surface area (Å²) in [4.78, 5) is 47.5. The Morgan fingerprint density at radius 2 is 1.52 bits per heavy atom. The topological polar surface area (TPSA) is 116 Å². The summed E-state index contributed by atoms with van der Waals surface area (Å²) in [5.41, 5.74) is 0.768. The maximum atomic E-state index is 12.5. The molecule has 8 heteroatoms. The van der Waals surface area contributed by atoms with Crippen molar-refractivity contribution in [3.8, 4) is 0 Å². The lowest BCUT2D eigenvalue weighted by Crippen LogP contribution is -2.24. The van der Waals surface area contributed by atoms with Gasteiger partial charge in [0, 0.05) is 28.9 Å². The molecular formula is C23H18N2O6. The lowest BCUT2D eigenvalue weighted by molar-refractivity contribution is -0.384. The van der Waals surface area contributed by atoms with Crippen LogP contribution < -0.4 is 5.32 Å². The first-order valence-corrected chi connectivity index (χ1v) is 9.31. The van der Waals surface area contributed by atoms with Crippen LogP contribution in [-0.4, -0.2) is 28.7 Å². The van der Waals surface area contributed by atoms with E-state index in [2.05, 4.69) is 5.32 Å². The average molecular weight is 418 g/mol. The van der Waals surface area contributed by atoms with Gasteiger partial charge < -0.3 is 10.1 Å². The van der Waals surface area contributed by atoms with Crippen LogP contribution in [0.3, 0.4) is 0 Å². The highest BCUT2D eigenvalue weighted by atomic mass is 16.6. The molecule has 0 aliphatic rings. The molecule has 0 aliphatic carbocycles. The summed E-state index contributed by atoms with van der Waals surface area (Å²) in [5.74, 6) is -1.62. The number of ether oxygens (including phenoxy) is 1. The number of nitro groups is 1. The largest absolute Gasteiger partial charge is 0.451 e. The van der Waals surface area contributed by atoms with E-state index < -0.39 is 22.9 Å². The molecule has 8 nitrogen and oxygen atoms in total. The van der Waals surface area contributed by atoms with Crippen molar-refractivity contribution in [1.29, 1.82) is 0 Å². The minimum Gasteiger partial charge on any atom is -0.451 e. The second-order valence-electron chi connectivity index (χ2n) is 6.62. The Labute approximate surface area is 177 Å². The molecule has 0 unspecified atom stereocenters. The molecule has 0 spiro atoms. The normalized spacial score (nSPS) is 11.3. The molecule has 0 radical (unpaired) electrons. The molecule has 3 rings (SSSR count). The van der Waals surface area contributed by atoms with Crippen molar-refractivity contribution in [2.24, 2.45) is 0 Å². The van der Waals surface area contributed by atoms with E-state index in [0.717, 1.165) is 6.07 Å². The number of Topliss-reactive ketones (excluding diaryl/α,β-unsaturated/α-hetero) is 1. The van der Waals surface area contributed by atoms with Crippen molar-refractivity contribution in [3.63, 3.8) is 0 Å². The van der Waals surface area contributed by atoms with Gasteiger partial charge in [0.15, 0.2) is 6.10 Å². The van der Waals surface area contributed by atoms with Gasteiger partial charge in [-0.05, 0) is 31.2 Å². The predicted molar refractivity (Wildman–Crippen MR) is 113 cm³/mol. The zero-order valence-electron chi connectivity index (χ0n) is 16.5.